The summed E-state index contributed by atoms with van der Waals surface area (Å²) in [6, 6.07) is 18.6. The number of rotatable bonds is 8. The van der Waals surface area contributed by atoms with Crippen molar-refractivity contribution in [1.82, 2.24) is 14.5 Å². The van der Waals surface area contributed by atoms with Gasteiger partial charge >= 0.3 is 5.69 Å². The molecule has 0 saturated carbocycles. The quantitative estimate of drug-likeness (QED) is 0.408. The minimum Gasteiger partial charge on any atom is -0.354 e. The summed E-state index contributed by atoms with van der Waals surface area (Å²) < 4.78 is 2.43. The highest BCUT2D eigenvalue weighted by Crippen LogP contribution is 2.15. The SMILES string of the molecule is Cc1ccc(NC(=O)Cn2c(=O)n(CC(=O)NCCc3ccccc3)c(=O)c3sccc32)cc1. The number of hydrogen-bond donors (Lipinski definition) is 2. The van der Waals surface area contributed by atoms with E-state index in [9.17, 15) is 19.2 Å². The molecule has 2 aromatic carbocycles. The molecule has 2 aromatic heterocycles. The molecule has 0 bridgehead atoms. The van der Waals surface area contributed by atoms with Gasteiger partial charge in [0.1, 0.15) is 17.8 Å². The number of aromatic nitrogens is 2. The van der Waals surface area contributed by atoms with Crippen molar-refractivity contribution in [1.29, 1.82) is 0 Å². The lowest BCUT2D eigenvalue weighted by Gasteiger charge is -2.13. The zero-order chi connectivity index (χ0) is 24.1. The molecule has 2 amide bonds. The Morgan fingerprint density at radius 1 is 0.882 bits per heavy atom. The van der Waals surface area contributed by atoms with Gasteiger partial charge in [0.15, 0.2) is 0 Å². The molecule has 34 heavy (non-hydrogen) atoms. The van der Waals surface area contributed by atoms with Gasteiger partial charge in [-0.3, -0.25) is 19.0 Å². The van der Waals surface area contributed by atoms with E-state index in [4.69, 9.17) is 0 Å². The van der Waals surface area contributed by atoms with Crippen molar-refractivity contribution in [3.63, 3.8) is 0 Å². The number of carbonyl (C=O) groups excluding carboxylic acids is 2. The number of fused-ring (bicyclic) bond motifs is 1. The maximum Gasteiger partial charge on any atom is 0.332 e. The number of hydrogen-bond acceptors (Lipinski definition) is 5. The molecule has 0 aliphatic carbocycles. The number of carbonyl (C=O) groups is 2. The van der Waals surface area contributed by atoms with Crippen molar-refractivity contribution in [2.24, 2.45) is 0 Å². The molecule has 0 radical (unpaired) electrons. The van der Waals surface area contributed by atoms with E-state index in [0.717, 1.165) is 15.7 Å². The monoisotopic (exact) mass is 476 g/mol. The van der Waals surface area contributed by atoms with Gasteiger partial charge in [-0.1, -0.05) is 48.0 Å². The van der Waals surface area contributed by atoms with Crippen molar-refractivity contribution in [3.05, 3.63) is 98.0 Å². The van der Waals surface area contributed by atoms with E-state index < -0.39 is 29.6 Å². The fraction of sp³-hybridized carbons (Fsp3) is 0.200. The van der Waals surface area contributed by atoms with E-state index in [0.29, 0.717) is 28.9 Å². The van der Waals surface area contributed by atoms with E-state index in [1.165, 1.54) is 15.9 Å². The summed E-state index contributed by atoms with van der Waals surface area (Å²) in [4.78, 5) is 51.2. The first kappa shape index (κ1) is 23.2. The topological polar surface area (TPSA) is 102 Å². The second kappa shape index (κ2) is 10.3. The average Bonchev–Trinajstić information content (AvgIpc) is 3.32. The van der Waals surface area contributed by atoms with Gasteiger partial charge in [0, 0.05) is 12.2 Å². The van der Waals surface area contributed by atoms with Crippen LogP contribution in [-0.4, -0.2) is 27.5 Å². The Balaban J connectivity index is 1.51. The molecule has 0 atom stereocenters. The predicted octanol–water partition coefficient (Wildman–Crippen LogP) is 2.53. The number of nitrogens with one attached hydrogen (secondary N) is 2. The van der Waals surface area contributed by atoms with Crippen molar-refractivity contribution in [2.75, 3.05) is 11.9 Å². The molecule has 0 fully saturated rings. The van der Waals surface area contributed by atoms with Gasteiger partial charge in [-0.05, 0) is 42.5 Å². The van der Waals surface area contributed by atoms with Crippen LogP contribution in [0.1, 0.15) is 11.1 Å². The van der Waals surface area contributed by atoms with Gasteiger partial charge < -0.3 is 10.6 Å². The van der Waals surface area contributed by atoms with E-state index in [1.54, 1.807) is 23.6 Å². The lowest BCUT2D eigenvalue weighted by atomic mass is 10.1. The second-order valence-electron chi connectivity index (χ2n) is 7.89. The number of nitrogens with zero attached hydrogens (tertiary/aromatic N) is 2. The number of thiophene rings is 1. The lowest BCUT2D eigenvalue weighted by Crippen LogP contribution is -2.44. The van der Waals surface area contributed by atoms with Crippen LogP contribution in [0.3, 0.4) is 0 Å². The third-order valence-corrected chi connectivity index (χ3v) is 6.25. The molecule has 0 unspecified atom stereocenters. The first-order valence-electron chi connectivity index (χ1n) is 10.8. The number of amides is 2. The number of anilines is 1. The predicted molar refractivity (Wildman–Crippen MR) is 133 cm³/mol. The molecule has 8 nitrogen and oxygen atoms in total. The summed E-state index contributed by atoms with van der Waals surface area (Å²) in [5.74, 6) is -0.849. The van der Waals surface area contributed by atoms with Crippen molar-refractivity contribution < 1.29 is 9.59 Å². The molecule has 2 N–H and O–H groups in total. The summed E-state index contributed by atoms with van der Waals surface area (Å²) in [7, 11) is 0. The van der Waals surface area contributed by atoms with Crippen molar-refractivity contribution in [2.45, 2.75) is 26.4 Å². The Morgan fingerprint density at radius 3 is 2.32 bits per heavy atom. The van der Waals surface area contributed by atoms with Crippen LogP contribution in [0.25, 0.3) is 10.2 Å². The molecule has 9 heteroatoms. The van der Waals surface area contributed by atoms with Crippen LogP contribution in [-0.2, 0) is 29.1 Å². The Hall–Kier alpha value is -3.98. The molecular weight excluding hydrogens is 452 g/mol. The largest absolute Gasteiger partial charge is 0.354 e. The zero-order valence-electron chi connectivity index (χ0n) is 18.6. The molecule has 2 heterocycles. The van der Waals surface area contributed by atoms with Crippen LogP contribution in [0.15, 0.2) is 75.6 Å². The summed E-state index contributed by atoms with van der Waals surface area (Å²) >= 11 is 1.17. The maximum atomic E-state index is 13.1. The third kappa shape index (κ3) is 5.32. The van der Waals surface area contributed by atoms with Crippen LogP contribution in [0.4, 0.5) is 5.69 Å². The zero-order valence-corrected chi connectivity index (χ0v) is 19.4. The van der Waals surface area contributed by atoms with Gasteiger partial charge in [-0.25, -0.2) is 9.36 Å². The maximum absolute atomic E-state index is 13.1. The summed E-state index contributed by atoms with van der Waals surface area (Å²) in [5.41, 5.74) is 1.87. The van der Waals surface area contributed by atoms with Gasteiger partial charge in [0.2, 0.25) is 11.8 Å². The van der Waals surface area contributed by atoms with E-state index >= 15 is 0 Å². The standard InChI is InChI=1S/C25H24N4O4S/c1-17-7-9-19(10-8-17)27-22(31)16-28-20-12-14-34-23(20)24(32)29(25(28)33)15-21(30)26-13-11-18-5-3-2-4-6-18/h2-10,12,14H,11,13,15-16H2,1H3,(H,26,30)(H,27,31). The Labute approximate surface area is 199 Å². The Kier molecular flexibility index (Phi) is 7.03. The fourth-order valence-electron chi connectivity index (χ4n) is 3.60. The average molecular weight is 477 g/mol. The van der Waals surface area contributed by atoms with E-state index in [-0.39, 0.29) is 6.54 Å². The molecule has 4 rings (SSSR count). The minimum atomic E-state index is -0.701. The molecule has 0 spiro atoms. The number of aryl methyl sites for hydroxylation is 1. The van der Waals surface area contributed by atoms with Crippen molar-refractivity contribution >= 4 is 39.1 Å². The number of benzene rings is 2. The Morgan fingerprint density at radius 2 is 1.59 bits per heavy atom. The first-order valence-corrected chi connectivity index (χ1v) is 11.7. The van der Waals surface area contributed by atoms with Crippen molar-refractivity contribution in [3.8, 4) is 0 Å². The fourth-order valence-corrected chi connectivity index (χ4v) is 4.44. The molecule has 4 aromatic rings. The summed E-state index contributed by atoms with van der Waals surface area (Å²) in [6.07, 6.45) is 0.634. The van der Waals surface area contributed by atoms with Crippen LogP contribution in [0, 0.1) is 6.92 Å². The molecule has 0 aliphatic heterocycles. The van der Waals surface area contributed by atoms with Crippen LogP contribution in [0.2, 0.25) is 0 Å². The summed E-state index contributed by atoms with van der Waals surface area (Å²) in [6.45, 7) is 1.63. The first-order chi connectivity index (χ1) is 16.4. The highest BCUT2D eigenvalue weighted by molar-refractivity contribution is 7.17. The normalized spacial score (nSPS) is 10.9. The smallest absolute Gasteiger partial charge is 0.332 e. The molecule has 0 aliphatic rings. The highest BCUT2D eigenvalue weighted by atomic mass is 32.1. The van der Waals surface area contributed by atoms with Gasteiger partial charge in [-0.15, -0.1) is 11.3 Å². The van der Waals surface area contributed by atoms with Gasteiger partial charge in [0.05, 0.1) is 5.52 Å². The summed E-state index contributed by atoms with van der Waals surface area (Å²) in [5, 5.41) is 7.19. The van der Waals surface area contributed by atoms with E-state index in [2.05, 4.69) is 10.6 Å². The molecule has 174 valence electrons. The second-order valence-corrected chi connectivity index (χ2v) is 8.81. The van der Waals surface area contributed by atoms with Crippen LogP contribution >= 0.6 is 11.3 Å². The molecular formula is C25H24N4O4S. The Bertz CT molecular complexity index is 1440. The van der Waals surface area contributed by atoms with Crippen LogP contribution in [0.5, 0.6) is 0 Å². The van der Waals surface area contributed by atoms with Gasteiger partial charge in [-0.2, -0.15) is 0 Å². The van der Waals surface area contributed by atoms with Crippen LogP contribution < -0.4 is 21.9 Å². The lowest BCUT2D eigenvalue weighted by molar-refractivity contribution is -0.121. The van der Waals surface area contributed by atoms with E-state index in [1.807, 2.05) is 49.4 Å². The highest BCUT2D eigenvalue weighted by Gasteiger charge is 2.18. The minimum absolute atomic E-state index is 0.282. The molecule has 0 saturated heterocycles. The third-order valence-electron chi connectivity index (χ3n) is 5.35. The van der Waals surface area contributed by atoms with Gasteiger partial charge in [0.25, 0.3) is 5.56 Å².